The molecule has 0 bridgehead atoms. The Hall–Kier alpha value is -4.22. The second-order valence-electron chi connectivity index (χ2n) is 9.82. The van der Waals surface area contributed by atoms with Gasteiger partial charge in [-0.25, -0.2) is 9.59 Å². The lowest BCUT2D eigenvalue weighted by molar-refractivity contribution is 0.0723. The first-order valence-electron chi connectivity index (χ1n) is 12.6. The van der Waals surface area contributed by atoms with E-state index in [1.54, 1.807) is 24.3 Å². The summed E-state index contributed by atoms with van der Waals surface area (Å²) in [6.45, 7) is 9.05. The third kappa shape index (κ3) is 6.55. The SMILES string of the molecule is Cc1cc(C)c(OC(=O)c2ccccc2)c(CN(C)Cc2cc(C)cc(C)c2OC(=O)c2ccccc2)c1. The third-order valence-electron chi connectivity index (χ3n) is 6.28. The molecule has 0 heterocycles. The molecule has 4 aromatic rings. The van der Waals surface area contributed by atoms with Crippen molar-refractivity contribution in [1.29, 1.82) is 0 Å². The van der Waals surface area contributed by atoms with Crippen LogP contribution in [0, 0.1) is 27.7 Å². The Balaban J connectivity index is 1.57. The van der Waals surface area contributed by atoms with Crippen LogP contribution in [0.1, 0.15) is 54.1 Å². The predicted octanol–water partition coefficient (Wildman–Crippen LogP) is 6.99. The number of ether oxygens (including phenoxy) is 2. The topological polar surface area (TPSA) is 55.8 Å². The Labute approximate surface area is 224 Å². The summed E-state index contributed by atoms with van der Waals surface area (Å²) in [6, 6.07) is 26.1. The van der Waals surface area contributed by atoms with Gasteiger partial charge in [0.15, 0.2) is 0 Å². The molecule has 0 atom stereocenters. The van der Waals surface area contributed by atoms with E-state index in [-0.39, 0.29) is 11.9 Å². The first-order chi connectivity index (χ1) is 18.2. The Morgan fingerprint density at radius 3 is 1.34 bits per heavy atom. The molecule has 4 aromatic carbocycles. The minimum atomic E-state index is -0.383. The second kappa shape index (κ2) is 11.9. The first kappa shape index (κ1) is 26.8. The average molecular weight is 508 g/mol. The lowest BCUT2D eigenvalue weighted by atomic mass is 10.0. The fourth-order valence-corrected chi connectivity index (χ4v) is 4.70. The van der Waals surface area contributed by atoms with Gasteiger partial charge in [0, 0.05) is 24.2 Å². The van der Waals surface area contributed by atoms with Crippen LogP contribution in [-0.2, 0) is 13.1 Å². The van der Waals surface area contributed by atoms with Gasteiger partial charge < -0.3 is 9.47 Å². The fraction of sp³-hybridized carbons (Fsp3) is 0.212. The average Bonchev–Trinajstić information content (AvgIpc) is 2.88. The molecule has 5 nitrogen and oxygen atoms in total. The van der Waals surface area contributed by atoms with E-state index in [1.165, 1.54) is 0 Å². The van der Waals surface area contributed by atoms with Crippen LogP contribution in [0.4, 0.5) is 0 Å². The minimum Gasteiger partial charge on any atom is -0.422 e. The van der Waals surface area contributed by atoms with Crippen LogP contribution >= 0.6 is 0 Å². The molecule has 4 rings (SSSR count). The highest BCUT2D eigenvalue weighted by Crippen LogP contribution is 2.31. The third-order valence-corrected chi connectivity index (χ3v) is 6.28. The van der Waals surface area contributed by atoms with Crippen molar-refractivity contribution >= 4 is 11.9 Å². The van der Waals surface area contributed by atoms with Crippen LogP contribution < -0.4 is 9.47 Å². The molecule has 0 aliphatic heterocycles. The predicted molar refractivity (Wildman–Crippen MR) is 150 cm³/mol. The smallest absolute Gasteiger partial charge is 0.343 e. The zero-order chi connectivity index (χ0) is 27.2. The summed E-state index contributed by atoms with van der Waals surface area (Å²) in [5.41, 5.74) is 6.84. The monoisotopic (exact) mass is 507 g/mol. The highest BCUT2D eigenvalue weighted by atomic mass is 16.5. The van der Waals surface area contributed by atoms with Crippen molar-refractivity contribution in [1.82, 2.24) is 4.90 Å². The zero-order valence-electron chi connectivity index (χ0n) is 22.6. The van der Waals surface area contributed by atoms with Gasteiger partial charge in [0.1, 0.15) is 11.5 Å². The number of carbonyl (C=O) groups is 2. The van der Waals surface area contributed by atoms with Crippen LogP contribution in [0.5, 0.6) is 11.5 Å². The molecule has 0 saturated carbocycles. The molecule has 0 aliphatic rings. The summed E-state index contributed by atoms with van der Waals surface area (Å²) in [7, 11) is 2.00. The quantitative estimate of drug-likeness (QED) is 0.190. The van der Waals surface area contributed by atoms with Crippen molar-refractivity contribution in [2.75, 3.05) is 7.05 Å². The number of nitrogens with zero attached hydrogens (tertiary/aromatic N) is 1. The van der Waals surface area contributed by atoms with Crippen molar-refractivity contribution in [3.8, 4) is 11.5 Å². The van der Waals surface area contributed by atoms with Gasteiger partial charge in [-0.3, -0.25) is 4.90 Å². The summed E-state index contributed by atoms with van der Waals surface area (Å²) in [5, 5.41) is 0. The Morgan fingerprint density at radius 1 is 0.605 bits per heavy atom. The van der Waals surface area contributed by atoms with Gasteiger partial charge in [0.25, 0.3) is 0 Å². The Kier molecular flexibility index (Phi) is 8.39. The van der Waals surface area contributed by atoms with Crippen molar-refractivity contribution < 1.29 is 19.1 Å². The molecule has 194 valence electrons. The molecule has 0 fully saturated rings. The maximum Gasteiger partial charge on any atom is 0.343 e. The van der Waals surface area contributed by atoms with Crippen molar-refractivity contribution in [3.63, 3.8) is 0 Å². The number of hydrogen-bond donors (Lipinski definition) is 0. The maximum absolute atomic E-state index is 12.8. The highest BCUT2D eigenvalue weighted by molar-refractivity contribution is 5.92. The number of rotatable bonds is 8. The summed E-state index contributed by atoms with van der Waals surface area (Å²) in [4.78, 5) is 27.8. The standard InChI is InChI=1S/C33H33NO4/c1-22-16-24(3)30(37-32(35)26-12-8-6-9-13-26)28(18-22)20-34(5)21-29-19-23(2)17-25(4)31(29)38-33(36)27-14-10-7-11-15-27/h6-19H,20-21H2,1-5H3. The number of aryl methyl sites for hydroxylation is 4. The normalized spacial score (nSPS) is 10.9. The van der Waals surface area contributed by atoms with Crippen LogP contribution in [0.3, 0.4) is 0 Å². The molecule has 0 aromatic heterocycles. The fourth-order valence-electron chi connectivity index (χ4n) is 4.70. The van der Waals surface area contributed by atoms with Crippen molar-refractivity contribution in [3.05, 3.63) is 129 Å². The van der Waals surface area contributed by atoms with Gasteiger partial charge in [-0.05, 0) is 70.1 Å². The lowest BCUT2D eigenvalue weighted by Crippen LogP contribution is -2.21. The number of carbonyl (C=O) groups excluding carboxylic acids is 2. The molecule has 38 heavy (non-hydrogen) atoms. The van der Waals surface area contributed by atoms with Gasteiger partial charge >= 0.3 is 11.9 Å². The molecule has 5 heteroatoms. The highest BCUT2D eigenvalue weighted by Gasteiger charge is 2.19. The van der Waals surface area contributed by atoms with E-state index in [0.717, 1.165) is 33.4 Å². The molecule has 0 amide bonds. The van der Waals surface area contributed by atoms with Crippen LogP contribution in [0.2, 0.25) is 0 Å². The van der Waals surface area contributed by atoms with Crippen molar-refractivity contribution in [2.45, 2.75) is 40.8 Å². The maximum atomic E-state index is 12.8. The lowest BCUT2D eigenvalue weighted by Gasteiger charge is -2.22. The molecule has 0 N–H and O–H groups in total. The largest absolute Gasteiger partial charge is 0.422 e. The van der Waals surface area contributed by atoms with E-state index in [9.17, 15) is 9.59 Å². The molecule has 0 unspecified atom stereocenters. The summed E-state index contributed by atoms with van der Waals surface area (Å²) in [5.74, 6) is 0.386. The van der Waals surface area contributed by atoms with E-state index in [0.29, 0.717) is 35.7 Å². The molecule has 0 radical (unpaired) electrons. The zero-order valence-corrected chi connectivity index (χ0v) is 22.6. The molecular formula is C33H33NO4. The molecular weight excluding hydrogens is 474 g/mol. The molecule has 0 saturated heterocycles. The molecule has 0 spiro atoms. The van der Waals surface area contributed by atoms with E-state index >= 15 is 0 Å². The number of benzene rings is 4. The Morgan fingerprint density at radius 2 is 0.974 bits per heavy atom. The minimum absolute atomic E-state index is 0.383. The van der Waals surface area contributed by atoms with Gasteiger partial charge in [0.2, 0.25) is 0 Å². The number of hydrogen-bond acceptors (Lipinski definition) is 5. The summed E-state index contributed by atoms with van der Waals surface area (Å²) < 4.78 is 11.8. The van der Waals surface area contributed by atoms with E-state index < -0.39 is 0 Å². The summed E-state index contributed by atoms with van der Waals surface area (Å²) in [6.07, 6.45) is 0. The van der Waals surface area contributed by atoms with Gasteiger partial charge in [-0.1, -0.05) is 71.8 Å². The molecule has 0 aliphatic carbocycles. The van der Waals surface area contributed by atoms with Crippen LogP contribution in [-0.4, -0.2) is 23.9 Å². The van der Waals surface area contributed by atoms with E-state index in [4.69, 9.17) is 9.47 Å². The van der Waals surface area contributed by atoms with E-state index in [2.05, 4.69) is 17.0 Å². The van der Waals surface area contributed by atoms with Crippen LogP contribution in [0.15, 0.2) is 84.9 Å². The summed E-state index contributed by atoms with van der Waals surface area (Å²) >= 11 is 0. The van der Waals surface area contributed by atoms with Crippen molar-refractivity contribution in [2.24, 2.45) is 0 Å². The van der Waals surface area contributed by atoms with E-state index in [1.807, 2.05) is 83.3 Å². The second-order valence-corrected chi connectivity index (χ2v) is 9.82. The first-order valence-corrected chi connectivity index (χ1v) is 12.6. The van der Waals surface area contributed by atoms with Crippen LogP contribution in [0.25, 0.3) is 0 Å². The Bertz CT molecular complexity index is 1330. The van der Waals surface area contributed by atoms with Gasteiger partial charge in [-0.15, -0.1) is 0 Å². The van der Waals surface area contributed by atoms with Gasteiger partial charge in [-0.2, -0.15) is 0 Å². The van der Waals surface area contributed by atoms with Gasteiger partial charge in [0.05, 0.1) is 11.1 Å². The number of esters is 2.